The molecule has 0 spiro atoms. The van der Waals surface area contributed by atoms with E-state index in [0.29, 0.717) is 12.1 Å². The summed E-state index contributed by atoms with van der Waals surface area (Å²) in [5.74, 6) is -1.41. The molecule has 15 heavy (non-hydrogen) atoms. The average molecular weight is 220 g/mol. The van der Waals surface area contributed by atoms with Crippen LogP contribution in [0.5, 0.6) is 0 Å². The third-order valence-corrected chi connectivity index (χ3v) is 1.91. The summed E-state index contributed by atoms with van der Waals surface area (Å²) in [5, 5.41) is 0. The van der Waals surface area contributed by atoms with Crippen molar-refractivity contribution in [2.75, 3.05) is 0 Å². The van der Waals surface area contributed by atoms with Gasteiger partial charge in [-0.25, -0.2) is 9.18 Å². The van der Waals surface area contributed by atoms with Crippen molar-refractivity contribution >= 4 is 11.0 Å². The van der Waals surface area contributed by atoms with Gasteiger partial charge in [-0.05, 0) is 6.07 Å². The minimum atomic E-state index is -4.77. The number of benzene rings is 1. The van der Waals surface area contributed by atoms with Gasteiger partial charge < -0.3 is 9.97 Å². The lowest BCUT2D eigenvalue weighted by atomic mass is 10.2. The second kappa shape index (κ2) is 2.85. The van der Waals surface area contributed by atoms with Crippen LogP contribution in [0.2, 0.25) is 0 Å². The Labute approximate surface area is 79.7 Å². The summed E-state index contributed by atoms with van der Waals surface area (Å²) in [6.45, 7) is 0. The smallest absolute Gasteiger partial charge is 0.306 e. The number of fused-ring (bicyclic) bond motifs is 1. The van der Waals surface area contributed by atoms with Crippen LogP contribution in [0.1, 0.15) is 5.56 Å². The molecule has 0 unspecified atom stereocenters. The molecule has 0 saturated carbocycles. The molecule has 0 bridgehead atoms. The summed E-state index contributed by atoms with van der Waals surface area (Å²) < 4.78 is 49.7. The van der Waals surface area contributed by atoms with E-state index in [1.165, 1.54) is 0 Å². The standard InChI is InChI=1S/C8H4F4N2O/c9-4-2-6-5(13-7(15)14-6)1-3(4)8(10,11)12/h1-2H,(H2,13,14,15). The largest absolute Gasteiger partial charge is 0.419 e. The van der Waals surface area contributed by atoms with Gasteiger partial charge in [0.15, 0.2) is 0 Å². The molecule has 0 atom stereocenters. The van der Waals surface area contributed by atoms with Gasteiger partial charge in [0.25, 0.3) is 0 Å². The topological polar surface area (TPSA) is 48.6 Å². The van der Waals surface area contributed by atoms with Crippen molar-refractivity contribution in [2.45, 2.75) is 6.18 Å². The van der Waals surface area contributed by atoms with Gasteiger partial charge in [0.2, 0.25) is 0 Å². The van der Waals surface area contributed by atoms with Gasteiger partial charge in [-0.15, -0.1) is 0 Å². The van der Waals surface area contributed by atoms with E-state index in [-0.39, 0.29) is 11.0 Å². The maximum Gasteiger partial charge on any atom is 0.419 e. The van der Waals surface area contributed by atoms with Crippen molar-refractivity contribution in [3.8, 4) is 0 Å². The van der Waals surface area contributed by atoms with E-state index in [9.17, 15) is 22.4 Å². The zero-order chi connectivity index (χ0) is 11.2. The fourth-order valence-electron chi connectivity index (χ4n) is 1.27. The highest BCUT2D eigenvalue weighted by Gasteiger charge is 2.34. The minimum Gasteiger partial charge on any atom is -0.306 e. The average Bonchev–Trinajstić information content (AvgIpc) is 2.40. The molecule has 0 aliphatic carbocycles. The van der Waals surface area contributed by atoms with Gasteiger partial charge >= 0.3 is 11.9 Å². The number of nitrogens with one attached hydrogen (secondary N) is 2. The van der Waals surface area contributed by atoms with Crippen molar-refractivity contribution in [2.24, 2.45) is 0 Å². The van der Waals surface area contributed by atoms with Crippen molar-refractivity contribution < 1.29 is 17.6 Å². The molecular formula is C8H4F4N2O. The Hall–Kier alpha value is -1.79. The zero-order valence-corrected chi connectivity index (χ0v) is 7.07. The van der Waals surface area contributed by atoms with Crippen LogP contribution in [0, 0.1) is 5.82 Å². The third kappa shape index (κ3) is 1.60. The molecule has 2 aromatic rings. The number of aromatic nitrogens is 2. The Kier molecular flexibility index (Phi) is 1.85. The Morgan fingerprint density at radius 2 is 1.60 bits per heavy atom. The number of H-pyrrole nitrogens is 2. The summed E-state index contributed by atoms with van der Waals surface area (Å²) >= 11 is 0. The van der Waals surface area contributed by atoms with Crippen LogP contribution in [0.25, 0.3) is 11.0 Å². The van der Waals surface area contributed by atoms with Gasteiger partial charge in [-0.3, -0.25) is 0 Å². The lowest BCUT2D eigenvalue weighted by Gasteiger charge is -2.07. The van der Waals surface area contributed by atoms with E-state index < -0.39 is 23.2 Å². The molecular weight excluding hydrogens is 216 g/mol. The molecule has 0 radical (unpaired) electrons. The maximum absolute atomic E-state index is 13.0. The van der Waals surface area contributed by atoms with E-state index in [2.05, 4.69) is 9.97 Å². The summed E-state index contributed by atoms with van der Waals surface area (Å²) in [6, 6.07) is 1.19. The summed E-state index contributed by atoms with van der Waals surface area (Å²) in [7, 11) is 0. The number of hydrogen-bond donors (Lipinski definition) is 2. The van der Waals surface area contributed by atoms with Crippen molar-refractivity contribution in [1.82, 2.24) is 9.97 Å². The van der Waals surface area contributed by atoms with Crippen molar-refractivity contribution in [1.29, 1.82) is 0 Å². The van der Waals surface area contributed by atoms with E-state index in [1.807, 2.05) is 0 Å². The van der Waals surface area contributed by atoms with Crippen molar-refractivity contribution in [3.63, 3.8) is 0 Å². The molecule has 3 nitrogen and oxygen atoms in total. The van der Waals surface area contributed by atoms with Gasteiger partial charge in [0.1, 0.15) is 5.82 Å². The Bertz CT molecular complexity index is 566. The lowest BCUT2D eigenvalue weighted by molar-refractivity contribution is -0.139. The second-order valence-corrected chi connectivity index (χ2v) is 2.95. The number of rotatable bonds is 0. The predicted octanol–water partition coefficient (Wildman–Crippen LogP) is 2.01. The summed E-state index contributed by atoms with van der Waals surface area (Å²) in [6.07, 6.45) is -4.77. The van der Waals surface area contributed by atoms with Gasteiger partial charge in [-0.1, -0.05) is 0 Å². The SMILES string of the molecule is O=c1[nH]c2cc(F)c(C(F)(F)F)cc2[nH]1. The molecule has 0 amide bonds. The van der Waals surface area contributed by atoms with Gasteiger partial charge in [0.05, 0.1) is 16.6 Å². The van der Waals surface area contributed by atoms with Gasteiger partial charge in [0, 0.05) is 6.07 Å². The molecule has 0 aliphatic rings. The first kappa shape index (κ1) is 9.75. The highest BCUT2D eigenvalue weighted by atomic mass is 19.4. The number of aromatic amines is 2. The van der Waals surface area contributed by atoms with Gasteiger partial charge in [-0.2, -0.15) is 13.2 Å². The molecule has 7 heteroatoms. The first-order valence-corrected chi connectivity index (χ1v) is 3.86. The zero-order valence-electron chi connectivity index (χ0n) is 7.07. The number of alkyl halides is 3. The molecule has 2 N–H and O–H groups in total. The minimum absolute atomic E-state index is 0.00509. The molecule has 1 heterocycles. The van der Waals surface area contributed by atoms with E-state index in [0.717, 1.165) is 0 Å². The molecule has 0 fully saturated rings. The number of hydrogen-bond acceptors (Lipinski definition) is 1. The van der Waals surface area contributed by atoms with Crippen LogP contribution in [-0.2, 0) is 6.18 Å². The van der Waals surface area contributed by atoms with Crippen LogP contribution < -0.4 is 5.69 Å². The quantitative estimate of drug-likeness (QED) is 0.655. The molecule has 80 valence electrons. The number of halogens is 4. The van der Waals surface area contributed by atoms with E-state index in [4.69, 9.17) is 0 Å². The lowest BCUT2D eigenvalue weighted by Crippen LogP contribution is -2.07. The first-order chi connectivity index (χ1) is 6.88. The Balaban J connectivity index is 2.77. The summed E-state index contributed by atoms with van der Waals surface area (Å²) in [5.41, 5.74) is -2.15. The molecule has 0 aliphatic heterocycles. The van der Waals surface area contributed by atoms with E-state index >= 15 is 0 Å². The molecule has 2 rings (SSSR count). The fourth-order valence-corrected chi connectivity index (χ4v) is 1.27. The monoisotopic (exact) mass is 220 g/mol. The van der Waals surface area contributed by atoms with E-state index in [1.54, 1.807) is 0 Å². The number of imidazole rings is 1. The van der Waals surface area contributed by atoms with Crippen molar-refractivity contribution in [3.05, 3.63) is 34.0 Å². The van der Waals surface area contributed by atoms with Crippen LogP contribution in [0.4, 0.5) is 17.6 Å². The summed E-state index contributed by atoms with van der Waals surface area (Å²) in [4.78, 5) is 15.0. The highest BCUT2D eigenvalue weighted by Crippen LogP contribution is 2.32. The van der Waals surface area contributed by atoms with Crippen LogP contribution >= 0.6 is 0 Å². The fraction of sp³-hybridized carbons (Fsp3) is 0.125. The van der Waals surface area contributed by atoms with Crippen LogP contribution in [0.15, 0.2) is 16.9 Å². The van der Waals surface area contributed by atoms with Crippen LogP contribution in [-0.4, -0.2) is 9.97 Å². The van der Waals surface area contributed by atoms with Crippen LogP contribution in [0.3, 0.4) is 0 Å². The maximum atomic E-state index is 13.0. The molecule has 1 aromatic carbocycles. The predicted molar refractivity (Wildman–Crippen MR) is 43.9 cm³/mol. The highest BCUT2D eigenvalue weighted by molar-refractivity contribution is 5.75. The normalized spacial score (nSPS) is 12.3. The molecule has 0 saturated heterocycles. The second-order valence-electron chi connectivity index (χ2n) is 2.95. The third-order valence-electron chi connectivity index (χ3n) is 1.91. The molecule has 1 aromatic heterocycles. The Morgan fingerprint density at radius 3 is 2.13 bits per heavy atom. The Morgan fingerprint density at radius 1 is 1.07 bits per heavy atom. The first-order valence-electron chi connectivity index (χ1n) is 3.86.